The number of aryl methyl sites for hydroxylation is 1. The summed E-state index contributed by atoms with van der Waals surface area (Å²) in [7, 11) is 1.64. The van der Waals surface area contributed by atoms with Crippen LogP contribution in [-0.2, 0) is 4.84 Å². The summed E-state index contributed by atoms with van der Waals surface area (Å²) in [4.78, 5) is 19.1. The van der Waals surface area contributed by atoms with Crippen LogP contribution in [0.1, 0.15) is 17.5 Å². The summed E-state index contributed by atoms with van der Waals surface area (Å²) >= 11 is 0. The fraction of sp³-hybridized carbons (Fsp3) is 0.263. The van der Waals surface area contributed by atoms with Crippen molar-refractivity contribution in [3.05, 3.63) is 65.5 Å². The Balaban J connectivity index is 1.54. The van der Waals surface area contributed by atoms with E-state index in [2.05, 4.69) is 10.5 Å². The SMILES string of the molecule is Cc1ccc(C2=NOC(CN(C)C(=O)Nc3ccccc3F)C2)cc1. The van der Waals surface area contributed by atoms with Crippen LogP contribution in [0.25, 0.3) is 0 Å². The molecule has 0 spiro atoms. The zero-order valence-corrected chi connectivity index (χ0v) is 14.2. The second-order valence-corrected chi connectivity index (χ2v) is 6.13. The van der Waals surface area contributed by atoms with Gasteiger partial charge in [-0.2, -0.15) is 0 Å². The summed E-state index contributed by atoms with van der Waals surface area (Å²) in [5, 5.41) is 6.68. The van der Waals surface area contributed by atoms with Gasteiger partial charge < -0.3 is 15.1 Å². The largest absolute Gasteiger partial charge is 0.390 e. The topological polar surface area (TPSA) is 53.9 Å². The van der Waals surface area contributed by atoms with Crippen LogP contribution in [0.5, 0.6) is 0 Å². The Morgan fingerprint density at radius 2 is 2.00 bits per heavy atom. The average Bonchev–Trinajstić information content (AvgIpc) is 3.06. The summed E-state index contributed by atoms with van der Waals surface area (Å²) in [5.41, 5.74) is 3.23. The van der Waals surface area contributed by atoms with Crippen molar-refractivity contribution in [1.82, 2.24) is 4.90 Å². The van der Waals surface area contributed by atoms with Crippen molar-refractivity contribution in [1.29, 1.82) is 0 Å². The van der Waals surface area contributed by atoms with Gasteiger partial charge in [0.2, 0.25) is 0 Å². The lowest BCUT2D eigenvalue weighted by Crippen LogP contribution is -2.37. The van der Waals surface area contributed by atoms with Gasteiger partial charge in [0.05, 0.1) is 17.9 Å². The van der Waals surface area contributed by atoms with E-state index in [1.807, 2.05) is 31.2 Å². The van der Waals surface area contributed by atoms with E-state index < -0.39 is 11.8 Å². The number of hydrogen-bond donors (Lipinski definition) is 1. The number of para-hydroxylation sites is 1. The van der Waals surface area contributed by atoms with Crippen LogP contribution in [-0.4, -0.2) is 36.3 Å². The number of urea groups is 1. The van der Waals surface area contributed by atoms with Crippen molar-refractivity contribution < 1.29 is 14.0 Å². The van der Waals surface area contributed by atoms with Gasteiger partial charge in [-0.25, -0.2) is 9.18 Å². The summed E-state index contributed by atoms with van der Waals surface area (Å²) in [6, 6.07) is 13.7. The zero-order valence-electron chi connectivity index (χ0n) is 14.2. The Hall–Kier alpha value is -2.89. The average molecular weight is 341 g/mol. The number of halogens is 1. The normalized spacial score (nSPS) is 16.1. The first-order chi connectivity index (χ1) is 12.0. The van der Waals surface area contributed by atoms with Gasteiger partial charge in [-0.3, -0.25) is 0 Å². The van der Waals surface area contributed by atoms with E-state index in [1.54, 1.807) is 19.2 Å². The van der Waals surface area contributed by atoms with Gasteiger partial charge >= 0.3 is 6.03 Å². The molecule has 0 fully saturated rings. The van der Waals surface area contributed by atoms with Gasteiger partial charge in [-0.15, -0.1) is 0 Å². The number of carbonyl (C=O) groups excluding carboxylic acids is 1. The van der Waals surface area contributed by atoms with Gasteiger partial charge in [-0.05, 0) is 24.6 Å². The zero-order chi connectivity index (χ0) is 17.8. The first kappa shape index (κ1) is 17.0. The molecule has 2 aromatic rings. The van der Waals surface area contributed by atoms with Gasteiger partial charge in [0.1, 0.15) is 5.82 Å². The van der Waals surface area contributed by atoms with E-state index in [0.717, 1.165) is 11.3 Å². The van der Waals surface area contributed by atoms with Crippen LogP contribution in [0.4, 0.5) is 14.9 Å². The second-order valence-electron chi connectivity index (χ2n) is 6.13. The van der Waals surface area contributed by atoms with Gasteiger partial charge in [0.25, 0.3) is 0 Å². The highest BCUT2D eigenvalue weighted by Crippen LogP contribution is 2.18. The minimum atomic E-state index is -0.466. The second kappa shape index (κ2) is 7.34. The Morgan fingerprint density at radius 3 is 2.72 bits per heavy atom. The monoisotopic (exact) mass is 341 g/mol. The van der Waals surface area contributed by atoms with Crippen LogP contribution in [0.3, 0.4) is 0 Å². The summed E-state index contributed by atoms with van der Waals surface area (Å²) in [6.45, 7) is 2.39. The highest BCUT2D eigenvalue weighted by Gasteiger charge is 2.25. The lowest BCUT2D eigenvalue weighted by atomic mass is 10.0. The number of benzene rings is 2. The number of amides is 2. The molecule has 0 radical (unpaired) electrons. The van der Waals surface area contributed by atoms with E-state index in [9.17, 15) is 9.18 Å². The summed E-state index contributed by atoms with van der Waals surface area (Å²) in [6.07, 6.45) is 0.410. The minimum absolute atomic E-state index is 0.156. The molecule has 0 bridgehead atoms. The molecule has 0 aromatic heterocycles. The van der Waals surface area contributed by atoms with Gasteiger partial charge in [0.15, 0.2) is 6.10 Å². The highest BCUT2D eigenvalue weighted by atomic mass is 19.1. The molecule has 2 aromatic carbocycles. The number of nitrogens with zero attached hydrogens (tertiary/aromatic N) is 2. The fourth-order valence-electron chi connectivity index (χ4n) is 2.60. The van der Waals surface area contributed by atoms with Crippen LogP contribution < -0.4 is 5.32 Å². The predicted octanol–water partition coefficient (Wildman–Crippen LogP) is 3.79. The van der Waals surface area contributed by atoms with Crippen molar-refractivity contribution in [2.45, 2.75) is 19.4 Å². The molecule has 0 saturated carbocycles. The molecule has 1 N–H and O–H groups in total. The maximum Gasteiger partial charge on any atom is 0.321 e. The fourth-order valence-corrected chi connectivity index (χ4v) is 2.60. The van der Waals surface area contributed by atoms with Gasteiger partial charge in [-0.1, -0.05) is 47.1 Å². The lowest BCUT2D eigenvalue weighted by molar-refractivity contribution is 0.0672. The van der Waals surface area contributed by atoms with E-state index >= 15 is 0 Å². The van der Waals surface area contributed by atoms with Crippen molar-refractivity contribution in [3.8, 4) is 0 Å². The third-order valence-electron chi connectivity index (χ3n) is 4.06. The molecule has 1 heterocycles. The van der Waals surface area contributed by atoms with Gasteiger partial charge in [0, 0.05) is 13.5 Å². The number of oxime groups is 1. The lowest BCUT2D eigenvalue weighted by Gasteiger charge is -2.20. The molecule has 1 unspecified atom stereocenters. The molecule has 1 atom stereocenters. The maximum absolute atomic E-state index is 13.6. The quantitative estimate of drug-likeness (QED) is 0.920. The summed E-state index contributed by atoms with van der Waals surface area (Å²) < 4.78 is 13.6. The third-order valence-corrected chi connectivity index (χ3v) is 4.06. The molecular formula is C19H20FN3O2. The molecule has 1 aliphatic heterocycles. The number of nitrogens with one attached hydrogen (secondary N) is 1. The molecule has 0 saturated heterocycles. The smallest absolute Gasteiger partial charge is 0.321 e. The van der Waals surface area contributed by atoms with Crippen LogP contribution in [0.2, 0.25) is 0 Å². The van der Waals surface area contributed by atoms with Crippen LogP contribution in [0, 0.1) is 12.7 Å². The number of likely N-dealkylation sites (N-methyl/N-ethyl adjacent to an activating group) is 1. The Labute approximate surface area is 146 Å². The Bertz CT molecular complexity index is 790. The molecule has 2 amide bonds. The van der Waals surface area contributed by atoms with Crippen LogP contribution in [0.15, 0.2) is 53.7 Å². The Morgan fingerprint density at radius 1 is 1.28 bits per heavy atom. The molecule has 6 heteroatoms. The third kappa shape index (κ3) is 4.15. The highest BCUT2D eigenvalue weighted by molar-refractivity contribution is 6.01. The summed E-state index contributed by atoms with van der Waals surface area (Å²) in [5.74, 6) is -0.466. The van der Waals surface area contributed by atoms with Crippen molar-refractivity contribution in [2.75, 3.05) is 18.9 Å². The van der Waals surface area contributed by atoms with Crippen LogP contribution >= 0.6 is 0 Å². The molecule has 0 aliphatic carbocycles. The standard InChI is InChI=1S/C19H20FN3O2/c1-13-7-9-14(10-8-13)18-11-15(25-22-18)12-23(2)19(24)21-17-6-4-3-5-16(17)20/h3-10,15H,11-12H2,1-2H3,(H,21,24). The van der Waals surface area contributed by atoms with E-state index in [4.69, 9.17) is 4.84 Å². The minimum Gasteiger partial charge on any atom is -0.390 e. The molecular weight excluding hydrogens is 321 g/mol. The first-order valence-corrected chi connectivity index (χ1v) is 8.09. The van der Waals surface area contributed by atoms with Crippen molar-refractivity contribution >= 4 is 17.4 Å². The molecule has 25 heavy (non-hydrogen) atoms. The number of anilines is 1. The molecule has 3 rings (SSSR count). The number of carbonyl (C=O) groups is 1. The van der Waals surface area contributed by atoms with E-state index in [1.165, 1.54) is 22.6 Å². The molecule has 130 valence electrons. The number of hydrogen-bond acceptors (Lipinski definition) is 3. The van der Waals surface area contributed by atoms with E-state index in [-0.39, 0.29) is 11.8 Å². The van der Waals surface area contributed by atoms with Crippen molar-refractivity contribution in [2.24, 2.45) is 5.16 Å². The first-order valence-electron chi connectivity index (χ1n) is 8.09. The predicted molar refractivity (Wildman–Crippen MR) is 95.3 cm³/mol. The Kier molecular flexibility index (Phi) is 4.97. The van der Waals surface area contributed by atoms with E-state index in [0.29, 0.717) is 13.0 Å². The molecule has 1 aliphatic rings. The molecule has 5 nitrogen and oxygen atoms in total. The van der Waals surface area contributed by atoms with Crippen molar-refractivity contribution in [3.63, 3.8) is 0 Å². The number of rotatable bonds is 4. The maximum atomic E-state index is 13.6.